The van der Waals surface area contributed by atoms with Crippen molar-refractivity contribution >= 4 is 45.5 Å². The number of benzene rings is 1. The third kappa shape index (κ3) is 7.28. The highest BCUT2D eigenvalue weighted by molar-refractivity contribution is 7.22. The van der Waals surface area contributed by atoms with Gasteiger partial charge in [-0.05, 0) is 56.7 Å². The normalized spacial score (nSPS) is 15.0. The van der Waals surface area contributed by atoms with Crippen LogP contribution in [-0.4, -0.2) is 75.9 Å². The zero-order valence-electron chi connectivity index (χ0n) is 25.5. The number of likely N-dealkylation sites (tertiary alicyclic amines) is 1. The van der Waals surface area contributed by atoms with Crippen molar-refractivity contribution in [2.24, 2.45) is 0 Å². The van der Waals surface area contributed by atoms with Crippen molar-refractivity contribution in [3.8, 4) is 16.3 Å². The molecule has 2 N–H and O–H groups in total. The van der Waals surface area contributed by atoms with E-state index in [-0.39, 0.29) is 30.2 Å². The SMILES string of the molecule is CC(C)(C)OC(=O)N1CC(NC(=O)Nc2ccc(OCc3ccnc4cc(-c5ccc(CN6CCOC6=O)cn5)sc34)c(F)c2)C1. The van der Waals surface area contributed by atoms with Crippen LogP contribution in [0.2, 0.25) is 0 Å². The minimum Gasteiger partial charge on any atom is -0.486 e. The second kappa shape index (κ2) is 12.8. The van der Waals surface area contributed by atoms with Gasteiger partial charge in [-0.1, -0.05) is 6.07 Å². The number of fused-ring (bicyclic) bond motifs is 1. The Labute approximate surface area is 268 Å². The monoisotopic (exact) mass is 648 g/mol. The Bertz CT molecular complexity index is 1770. The van der Waals surface area contributed by atoms with E-state index < -0.39 is 23.5 Å². The number of ether oxygens (including phenoxy) is 3. The molecule has 5 heterocycles. The number of aromatic nitrogens is 2. The standard InChI is InChI=1S/C32H33FN6O6S/c1-32(2,3)45-31(42)39-16-22(17-39)37-29(40)36-21-5-7-26(23(33)12-21)44-18-20-8-9-34-25-13-27(46-28(20)25)24-6-4-19(14-35-24)15-38-10-11-43-30(38)41/h4-9,12-14,22H,10-11,15-18H2,1-3H3,(H2,36,37,40). The van der Waals surface area contributed by atoms with Gasteiger partial charge in [-0.3, -0.25) is 9.97 Å². The fourth-order valence-corrected chi connectivity index (χ4v) is 6.02. The summed E-state index contributed by atoms with van der Waals surface area (Å²) in [5.74, 6) is -0.583. The summed E-state index contributed by atoms with van der Waals surface area (Å²) in [6.07, 6.45) is 2.69. The van der Waals surface area contributed by atoms with E-state index in [9.17, 15) is 18.8 Å². The molecule has 4 amide bonds. The number of amides is 4. The molecule has 14 heteroatoms. The van der Waals surface area contributed by atoms with Crippen molar-refractivity contribution in [3.05, 3.63) is 71.8 Å². The zero-order valence-corrected chi connectivity index (χ0v) is 26.4. The van der Waals surface area contributed by atoms with Gasteiger partial charge in [-0.25, -0.2) is 18.8 Å². The van der Waals surface area contributed by atoms with Crippen LogP contribution < -0.4 is 15.4 Å². The summed E-state index contributed by atoms with van der Waals surface area (Å²) in [4.78, 5) is 49.3. The number of carbonyl (C=O) groups is 3. The van der Waals surface area contributed by atoms with Gasteiger partial charge in [0, 0.05) is 42.8 Å². The predicted molar refractivity (Wildman–Crippen MR) is 169 cm³/mol. The number of carbonyl (C=O) groups excluding carboxylic acids is 3. The van der Waals surface area contributed by atoms with Gasteiger partial charge >= 0.3 is 18.2 Å². The molecule has 4 aromatic rings. The Balaban J connectivity index is 1.03. The average Bonchev–Trinajstić information content (AvgIpc) is 3.60. The number of hydrogen-bond donors (Lipinski definition) is 2. The molecule has 0 bridgehead atoms. The number of rotatable bonds is 8. The predicted octanol–water partition coefficient (Wildman–Crippen LogP) is 5.77. The molecule has 6 rings (SSSR count). The van der Waals surface area contributed by atoms with Gasteiger partial charge < -0.3 is 34.6 Å². The Morgan fingerprint density at radius 1 is 1.13 bits per heavy atom. The van der Waals surface area contributed by atoms with Crippen molar-refractivity contribution < 1.29 is 33.0 Å². The van der Waals surface area contributed by atoms with Crippen LogP contribution in [0.15, 0.2) is 54.9 Å². The first-order chi connectivity index (χ1) is 22.0. The van der Waals surface area contributed by atoms with E-state index in [2.05, 4.69) is 20.6 Å². The van der Waals surface area contributed by atoms with Crippen LogP contribution in [0.1, 0.15) is 31.9 Å². The number of anilines is 1. The minimum absolute atomic E-state index is 0.0406. The Hall–Kier alpha value is -4.98. The highest BCUT2D eigenvalue weighted by Gasteiger charge is 2.34. The number of urea groups is 1. The summed E-state index contributed by atoms with van der Waals surface area (Å²) in [6, 6.07) is 11.1. The summed E-state index contributed by atoms with van der Waals surface area (Å²) < 4.78 is 32.0. The lowest BCUT2D eigenvalue weighted by atomic mass is 10.1. The fourth-order valence-electron chi connectivity index (χ4n) is 4.93. The zero-order chi connectivity index (χ0) is 32.4. The van der Waals surface area contributed by atoms with Gasteiger partial charge in [0.1, 0.15) is 18.8 Å². The van der Waals surface area contributed by atoms with Gasteiger partial charge in [0.15, 0.2) is 11.6 Å². The molecule has 1 aromatic carbocycles. The molecule has 240 valence electrons. The summed E-state index contributed by atoms with van der Waals surface area (Å²) in [7, 11) is 0. The third-order valence-corrected chi connectivity index (χ3v) is 8.45. The molecular formula is C32H33FN6O6S. The van der Waals surface area contributed by atoms with Crippen LogP contribution >= 0.6 is 11.3 Å². The maximum atomic E-state index is 14.9. The molecule has 2 aliphatic rings. The van der Waals surface area contributed by atoms with Gasteiger partial charge in [0.25, 0.3) is 0 Å². The van der Waals surface area contributed by atoms with E-state index in [1.165, 1.54) is 28.4 Å². The summed E-state index contributed by atoms with van der Waals surface area (Å²) in [6.45, 7) is 7.55. The molecule has 2 fully saturated rings. The maximum Gasteiger partial charge on any atom is 0.410 e. The molecule has 2 aliphatic heterocycles. The van der Waals surface area contributed by atoms with Crippen LogP contribution in [0.4, 0.5) is 24.5 Å². The van der Waals surface area contributed by atoms with Crippen LogP contribution in [0.25, 0.3) is 20.8 Å². The van der Waals surface area contributed by atoms with E-state index in [0.29, 0.717) is 32.8 Å². The van der Waals surface area contributed by atoms with E-state index in [1.54, 1.807) is 44.1 Å². The van der Waals surface area contributed by atoms with E-state index >= 15 is 0 Å². The van der Waals surface area contributed by atoms with Gasteiger partial charge in [-0.15, -0.1) is 11.3 Å². The summed E-state index contributed by atoms with van der Waals surface area (Å²) in [5, 5.41) is 5.38. The van der Waals surface area contributed by atoms with Crippen molar-refractivity contribution in [1.29, 1.82) is 0 Å². The van der Waals surface area contributed by atoms with Crippen molar-refractivity contribution in [2.45, 2.75) is 45.6 Å². The third-order valence-electron chi connectivity index (χ3n) is 7.23. The lowest BCUT2D eigenvalue weighted by Gasteiger charge is -2.39. The van der Waals surface area contributed by atoms with Crippen molar-refractivity contribution in [2.75, 3.05) is 31.6 Å². The van der Waals surface area contributed by atoms with E-state index in [0.717, 1.165) is 31.9 Å². The number of halogens is 1. The first kappa shape index (κ1) is 31.0. The lowest BCUT2D eigenvalue weighted by molar-refractivity contribution is 0.00648. The molecular weight excluding hydrogens is 615 g/mol. The number of nitrogens with one attached hydrogen (secondary N) is 2. The van der Waals surface area contributed by atoms with Crippen molar-refractivity contribution in [1.82, 2.24) is 25.1 Å². The first-order valence-corrected chi connectivity index (χ1v) is 15.5. The van der Waals surface area contributed by atoms with Crippen molar-refractivity contribution in [3.63, 3.8) is 0 Å². The Morgan fingerprint density at radius 2 is 1.96 bits per heavy atom. The van der Waals surface area contributed by atoms with Crippen LogP contribution in [0.3, 0.4) is 0 Å². The molecule has 46 heavy (non-hydrogen) atoms. The van der Waals surface area contributed by atoms with Crippen LogP contribution in [0.5, 0.6) is 5.75 Å². The molecule has 3 aromatic heterocycles. The number of cyclic esters (lactones) is 1. The molecule has 0 spiro atoms. The summed E-state index contributed by atoms with van der Waals surface area (Å²) >= 11 is 1.51. The van der Waals surface area contributed by atoms with E-state index in [1.807, 2.05) is 24.3 Å². The van der Waals surface area contributed by atoms with Gasteiger partial charge in [-0.2, -0.15) is 0 Å². The molecule has 0 unspecified atom stereocenters. The van der Waals surface area contributed by atoms with Gasteiger partial charge in [0.05, 0.1) is 39.9 Å². The fraction of sp³-hybridized carbons (Fsp3) is 0.344. The number of pyridine rings is 2. The second-order valence-electron chi connectivity index (χ2n) is 12.0. The molecule has 0 atom stereocenters. The number of nitrogens with zero attached hydrogens (tertiary/aromatic N) is 4. The Morgan fingerprint density at radius 3 is 2.65 bits per heavy atom. The van der Waals surface area contributed by atoms with Crippen LogP contribution in [-0.2, 0) is 22.6 Å². The molecule has 2 saturated heterocycles. The second-order valence-corrected chi connectivity index (χ2v) is 13.0. The van der Waals surface area contributed by atoms with Gasteiger partial charge in [0.2, 0.25) is 0 Å². The largest absolute Gasteiger partial charge is 0.486 e. The van der Waals surface area contributed by atoms with Crippen LogP contribution in [0, 0.1) is 5.82 Å². The molecule has 12 nitrogen and oxygen atoms in total. The molecule has 0 aliphatic carbocycles. The topological polar surface area (TPSA) is 135 Å². The molecule has 0 saturated carbocycles. The minimum atomic E-state index is -0.624. The average molecular weight is 649 g/mol. The highest BCUT2D eigenvalue weighted by atomic mass is 32.1. The lowest BCUT2D eigenvalue weighted by Crippen LogP contribution is -2.62. The Kier molecular flexibility index (Phi) is 8.63. The number of thiophene rings is 1. The highest BCUT2D eigenvalue weighted by Crippen LogP contribution is 2.34. The molecule has 0 radical (unpaired) electrons. The number of hydrogen-bond acceptors (Lipinski definition) is 9. The van der Waals surface area contributed by atoms with E-state index in [4.69, 9.17) is 14.2 Å². The quantitative estimate of drug-likeness (QED) is 0.246. The maximum absolute atomic E-state index is 14.9. The summed E-state index contributed by atoms with van der Waals surface area (Å²) in [5.41, 5.74) is 2.97. The first-order valence-electron chi connectivity index (χ1n) is 14.7. The smallest absolute Gasteiger partial charge is 0.410 e.